The van der Waals surface area contributed by atoms with Crippen molar-refractivity contribution in [2.24, 2.45) is 0 Å². The van der Waals surface area contributed by atoms with Gasteiger partial charge in [-0.15, -0.1) is 0 Å². The van der Waals surface area contributed by atoms with Gasteiger partial charge in [0.1, 0.15) is 12.7 Å². The Labute approximate surface area is 90.5 Å². The van der Waals surface area contributed by atoms with E-state index < -0.39 is 0 Å². The van der Waals surface area contributed by atoms with Gasteiger partial charge >= 0.3 is 0 Å². The van der Waals surface area contributed by atoms with E-state index in [0.29, 0.717) is 0 Å². The van der Waals surface area contributed by atoms with E-state index in [1.54, 1.807) is 36.9 Å². The van der Waals surface area contributed by atoms with E-state index in [9.17, 15) is 0 Å². The van der Waals surface area contributed by atoms with Gasteiger partial charge in [0.25, 0.3) is 0 Å². The van der Waals surface area contributed by atoms with Crippen LogP contribution in [-0.4, -0.2) is 19.9 Å². The smallest absolute Gasteiger partial charge is 0.115 e. The summed E-state index contributed by atoms with van der Waals surface area (Å²) in [6, 6.07) is 3.56. The minimum atomic E-state index is 1.25. The molecule has 0 aliphatic carbocycles. The lowest BCUT2D eigenvalue weighted by molar-refractivity contribution is 1.09. The molecule has 0 saturated heterocycles. The third-order valence-corrected chi connectivity index (χ3v) is 0.955. The standard InChI is InChI=1S/2C4H4N2.C3H8/c2*1-2-5-4-6-3-1;1-3-2/h2*1-4H;3H2,1-2H3. The topological polar surface area (TPSA) is 51.6 Å². The maximum absolute atomic E-state index is 3.67. The summed E-state index contributed by atoms with van der Waals surface area (Å²) in [7, 11) is 0. The third kappa shape index (κ3) is 12.2. The molecule has 2 rings (SSSR count). The Morgan fingerprint density at radius 1 is 0.667 bits per heavy atom. The van der Waals surface area contributed by atoms with E-state index in [2.05, 4.69) is 33.8 Å². The molecule has 0 amide bonds. The van der Waals surface area contributed by atoms with Crippen LogP contribution in [0.3, 0.4) is 0 Å². The molecule has 0 aromatic carbocycles. The summed E-state index contributed by atoms with van der Waals surface area (Å²) >= 11 is 0. The van der Waals surface area contributed by atoms with Crippen LogP contribution in [0.1, 0.15) is 20.3 Å². The Bertz CT molecular complexity index is 201. The van der Waals surface area contributed by atoms with Crippen LogP contribution in [-0.2, 0) is 0 Å². The molecule has 0 N–H and O–H groups in total. The summed E-state index contributed by atoms with van der Waals surface area (Å²) in [5.41, 5.74) is 0. The molecule has 4 heteroatoms. The van der Waals surface area contributed by atoms with E-state index >= 15 is 0 Å². The summed E-state index contributed by atoms with van der Waals surface area (Å²) in [6.45, 7) is 4.25. The van der Waals surface area contributed by atoms with E-state index in [1.165, 1.54) is 19.1 Å². The predicted octanol–water partition coefficient (Wildman–Crippen LogP) is 2.37. The van der Waals surface area contributed by atoms with Gasteiger partial charge in [-0.3, -0.25) is 0 Å². The molecule has 0 spiro atoms. The van der Waals surface area contributed by atoms with Gasteiger partial charge in [-0.2, -0.15) is 0 Å². The highest BCUT2D eigenvalue weighted by Gasteiger charge is 1.59. The molecule has 0 saturated carbocycles. The maximum Gasteiger partial charge on any atom is 0.115 e. The third-order valence-electron chi connectivity index (χ3n) is 0.955. The fourth-order valence-corrected chi connectivity index (χ4v) is 0.507. The van der Waals surface area contributed by atoms with Gasteiger partial charge in [0.05, 0.1) is 0 Å². The van der Waals surface area contributed by atoms with E-state index in [4.69, 9.17) is 0 Å². The van der Waals surface area contributed by atoms with Gasteiger partial charge in [0, 0.05) is 24.8 Å². The van der Waals surface area contributed by atoms with Gasteiger partial charge in [-0.05, 0) is 12.1 Å². The molecular formula is C11H16N4. The first kappa shape index (κ1) is 13.2. The first-order valence-electron chi connectivity index (χ1n) is 4.81. The SMILES string of the molecule is CCC.c1cncnc1.c1cncnc1. The first-order chi connectivity index (χ1) is 7.41. The van der Waals surface area contributed by atoms with Gasteiger partial charge < -0.3 is 0 Å². The van der Waals surface area contributed by atoms with Crippen molar-refractivity contribution in [1.82, 2.24) is 19.9 Å². The second-order valence-electron chi connectivity index (χ2n) is 2.52. The average Bonchev–Trinajstić information content (AvgIpc) is 2.35. The molecular weight excluding hydrogens is 188 g/mol. The summed E-state index contributed by atoms with van der Waals surface area (Å²) in [6.07, 6.45) is 11.0. The Balaban J connectivity index is 0.000000210. The summed E-state index contributed by atoms with van der Waals surface area (Å²) in [4.78, 5) is 14.7. The second kappa shape index (κ2) is 12.2. The van der Waals surface area contributed by atoms with Crippen LogP contribution >= 0.6 is 0 Å². The largest absolute Gasteiger partial charge is 0.245 e. The molecule has 2 aromatic rings. The fraction of sp³-hybridized carbons (Fsp3) is 0.273. The lowest BCUT2D eigenvalue weighted by Gasteiger charge is -1.70. The van der Waals surface area contributed by atoms with Crippen molar-refractivity contribution in [3.05, 3.63) is 49.6 Å². The highest BCUT2D eigenvalue weighted by molar-refractivity contribution is 4.74. The van der Waals surface area contributed by atoms with Gasteiger partial charge in [0.15, 0.2) is 0 Å². The Morgan fingerprint density at radius 2 is 0.933 bits per heavy atom. The molecule has 4 nitrogen and oxygen atoms in total. The molecule has 0 aliphatic heterocycles. The number of aromatic nitrogens is 4. The van der Waals surface area contributed by atoms with E-state index in [1.807, 2.05) is 0 Å². The predicted molar refractivity (Wildman–Crippen MR) is 60.0 cm³/mol. The van der Waals surface area contributed by atoms with Crippen molar-refractivity contribution in [2.75, 3.05) is 0 Å². The van der Waals surface area contributed by atoms with Crippen molar-refractivity contribution < 1.29 is 0 Å². The lowest BCUT2D eigenvalue weighted by Crippen LogP contribution is -1.66. The summed E-state index contributed by atoms with van der Waals surface area (Å²) in [5.74, 6) is 0. The highest BCUT2D eigenvalue weighted by atomic mass is 14.8. The Hall–Kier alpha value is -1.84. The van der Waals surface area contributed by atoms with E-state index in [-0.39, 0.29) is 0 Å². The van der Waals surface area contributed by atoms with E-state index in [0.717, 1.165) is 0 Å². The van der Waals surface area contributed by atoms with Crippen molar-refractivity contribution in [3.8, 4) is 0 Å². The van der Waals surface area contributed by atoms with Crippen molar-refractivity contribution in [1.29, 1.82) is 0 Å². The van der Waals surface area contributed by atoms with Gasteiger partial charge in [-0.1, -0.05) is 20.3 Å². The number of hydrogen-bond donors (Lipinski definition) is 0. The van der Waals surface area contributed by atoms with Crippen LogP contribution in [0, 0.1) is 0 Å². The quantitative estimate of drug-likeness (QED) is 0.661. The molecule has 80 valence electrons. The van der Waals surface area contributed by atoms with Crippen LogP contribution < -0.4 is 0 Å². The second-order valence-corrected chi connectivity index (χ2v) is 2.52. The zero-order chi connectivity index (χ0) is 11.2. The molecule has 0 bridgehead atoms. The zero-order valence-electron chi connectivity index (χ0n) is 9.11. The highest BCUT2D eigenvalue weighted by Crippen LogP contribution is 1.67. The van der Waals surface area contributed by atoms with Gasteiger partial charge in [-0.25, -0.2) is 19.9 Å². The van der Waals surface area contributed by atoms with Crippen molar-refractivity contribution in [3.63, 3.8) is 0 Å². The summed E-state index contributed by atoms with van der Waals surface area (Å²) in [5, 5.41) is 0. The number of rotatable bonds is 0. The molecule has 0 fully saturated rings. The zero-order valence-corrected chi connectivity index (χ0v) is 9.11. The maximum atomic E-state index is 3.67. The van der Waals surface area contributed by atoms with Gasteiger partial charge in [0.2, 0.25) is 0 Å². The van der Waals surface area contributed by atoms with Crippen LogP contribution in [0.2, 0.25) is 0 Å². The van der Waals surface area contributed by atoms with Crippen LogP contribution in [0.5, 0.6) is 0 Å². The molecule has 15 heavy (non-hydrogen) atoms. The van der Waals surface area contributed by atoms with Crippen LogP contribution in [0.15, 0.2) is 49.6 Å². The van der Waals surface area contributed by atoms with Crippen molar-refractivity contribution in [2.45, 2.75) is 20.3 Å². The molecule has 0 atom stereocenters. The van der Waals surface area contributed by atoms with Crippen LogP contribution in [0.4, 0.5) is 0 Å². The Morgan fingerprint density at radius 3 is 1.00 bits per heavy atom. The molecule has 0 unspecified atom stereocenters. The van der Waals surface area contributed by atoms with Crippen molar-refractivity contribution >= 4 is 0 Å². The number of hydrogen-bond acceptors (Lipinski definition) is 4. The number of nitrogens with zero attached hydrogens (tertiary/aromatic N) is 4. The molecule has 0 radical (unpaired) electrons. The van der Waals surface area contributed by atoms with Crippen LogP contribution in [0.25, 0.3) is 0 Å². The lowest BCUT2D eigenvalue weighted by atomic mass is 10.6. The minimum Gasteiger partial charge on any atom is -0.245 e. The fourth-order valence-electron chi connectivity index (χ4n) is 0.507. The average molecular weight is 204 g/mol. The monoisotopic (exact) mass is 204 g/mol. The molecule has 0 aliphatic rings. The normalized spacial score (nSPS) is 7.60. The first-order valence-corrected chi connectivity index (χ1v) is 4.81. The Kier molecular flexibility index (Phi) is 10.7. The summed E-state index contributed by atoms with van der Waals surface area (Å²) < 4.78 is 0. The minimum absolute atomic E-state index is 1.25. The molecule has 2 aromatic heterocycles. The molecule has 2 heterocycles.